The van der Waals surface area contributed by atoms with Crippen LogP contribution < -0.4 is 0 Å². The van der Waals surface area contributed by atoms with Gasteiger partial charge < -0.3 is 70.9 Å². The van der Waals surface area contributed by atoms with Crippen LogP contribution in [0, 0.1) is 0 Å². The number of likely N-dealkylation sites (N-methyl/N-ethyl adjacent to an activating group) is 1. The fourth-order valence-electron chi connectivity index (χ4n) is 3.56. The maximum atomic E-state index is 11.9. The number of ether oxygens (including phenoxy) is 13. The van der Waals surface area contributed by atoms with Gasteiger partial charge in [-0.05, 0) is 40.4 Å². The summed E-state index contributed by atoms with van der Waals surface area (Å²) in [6, 6.07) is 0. The molecular weight excluding hydrogens is 702 g/mol. The number of carbonyl (C=O) groups excluding carboxylic acids is 1. The van der Waals surface area contributed by atoms with Crippen molar-refractivity contribution in [2.45, 2.75) is 46.0 Å². The van der Waals surface area contributed by atoms with E-state index in [0.717, 1.165) is 0 Å². The molecule has 0 rings (SSSR count). The van der Waals surface area contributed by atoms with Crippen molar-refractivity contribution >= 4 is 14.4 Å². The van der Waals surface area contributed by atoms with Crippen molar-refractivity contribution in [3.8, 4) is 0 Å². The fourth-order valence-corrected chi connectivity index (χ4v) is 4.26. The Kier molecular flexibility index (Phi) is 36.2. The summed E-state index contributed by atoms with van der Waals surface area (Å²) >= 11 is 0. The second-order valence-electron chi connectivity index (χ2n) is 13.2. The molecule has 0 saturated carbocycles. The largest absolute Gasteiger partial charge is 0.444 e. The number of nitrogens with zero attached hydrogens (tertiary/aromatic N) is 1. The quantitative estimate of drug-likeness (QED) is 0.0663. The predicted octanol–water partition coefficient (Wildman–Crippen LogP) is 2.90. The average molecular weight is 776 g/mol. The zero-order chi connectivity index (χ0) is 38.4. The molecule has 0 heterocycles. The average Bonchev–Trinajstić information content (AvgIpc) is 3.08. The predicted molar refractivity (Wildman–Crippen MR) is 198 cm³/mol. The Hall–Kier alpha value is -1.03. The fraction of sp³-hybridized carbons (Fsp3) is 0.971. The first-order chi connectivity index (χ1) is 25.0. The molecule has 0 unspecified atom stereocenters. The van der Waals surface area contributed by atoms with Crippen LogP contribution in [0.3, 0.4) is 0 Å². The SMILES string of the molecule is CN(CCOCCOCCOCCOCCOCCOCCOCCOCCOCCOCCOCCOCCO[Si](C)(C)C)C(=O)OC(C)(C)C. The van der Waals surface area contributed by atoms with Crippen LogP contribution in [0.5, 0.6) is 0 Å². The van der Waals surface area contributed by atoms with Crippen molar-refractivity contribution < 1.29 is 70.8 Å². The van der Waals surface area contributed by atoms with Crippen molar-refractivity contribution in [1.82, 2.24) is 4.90 Å². The summed E-state index contributed by atoms with van der Waals surface area (Å²) in [5.74, 6) is 0. The molecule has 0 aromatic rings. The minimum absolute atomic E-state index is 0.365. The van der Waals surface area contributed by atoms with Gasteiger partial charge in [-0.2, -0.15) is 0 Å². The Morgan fingerprint density at radius 3 is 0.827 bits per heavy atom. The van der Waals surface area contributed by atoms with Crippen LogP contribution in [-0.2, 0) is 66.0 Å². The van der Waals surface area contributed by atoms with Crippen LogP contribution in [0.1, 0.15) is 20.8 Å². The molecule has 1 amide bonds. The minimum Gasteiger partial charge on any atom is -0.444 e. The summed E-state index contributed by atoms with van der Waals surface area (Å²) in [6.45, 7) is 25.1. The van der Waals surface area contributed by atoms with Gasteiger partial charge in [0.1, 0.15) is 5.60 Å². The lowest BCUT2D eigenvalue weighted by Gasteiger charge is -2.24. The summed E-state index contributed by atoms with van der Waals surface area (Å²) < 4.78 is 76.8. The molecule has 0 saturated heterocycles. The molecule has 0 bridgehead atoms. The molecule has 0 atom stereocenters. The first-order valence-corrected chi connectivity index (χ1v) is 21.9. The van der Waals surface area contributed by atoms with Crippen molar-refractivity contribution in [3.05, 3.63) is 0 Å². The smallest absolute Gasteiger partial charge is 0.410 e. The standard InChI is InChI=1S/C35H73NO15Si/c1-35(2,3)51-34(37)36(4)8-9-38-10-11-39-12-13-40-14-15-41-16-17-42-18-19-43-20-21-44-22-23-45-24-25-46-26-27-47-28-29-48-30-31-49-32-33-50-52(5,6)7/h8-33H2,1-7H3. The van der Waals surface area contributed by atoms with Gasteiger partial charge in [-0.3, -0.25) is 0 Å². The number of rotatable bonds is 40. The highest BCUT2D eigenvalue weighted by Gasteiger charge is 2.19. The molecule has 312 valence electrons. The normalized spacial score (nSPS) is 12.1. The van der Waals surface area contributed by atoms with Crippen molar-refractivity contribution in [3.63, 3.8) is 0 Å². The van der Waals surface area contributed by atoms with E-state index in [1.165, 1.54) is 4.90 Å². The van der Waals surface area contributed by atoms with Crippen LogP contribution in [0.15, 0.2) is 0 Å². The molecule has 0 fully saturated rings. The van der Waals surface area contributed by atoms with E-state index in [4.69, 9.17) is 66.0 Å². The Bertz CT molecular complexity index is 759. The van der Waals surface area contributed by atoms with E-state index in [-0.39, 0.29) is 6.09 Å². The van der Waals surface area contributed by atoms with E-state index in [9.17, 15) is 4.79 Å². The van der Waals surface area contributed by atoms with Gasteiger partial charge in [0.25, 0.3) is 0 Å². The lowest BCUT2D eigenvalue weighted by Crippen LogP contribution is -2.36. The van der Waals surface area contributed by atoms with Crippen LogP contribution >= 0.6 is 0 Å². The number of hydrogen-bond acceptors (Lipinski definition) is 15. The molecular formula is C35H73NO15Si. The second-order valence-corrected chi connectivity index (χ2v) is 17.7. The lowest BCUT2D eigenvalue weighted by atomic mass is 10.2. The maximum absolute atomic E-state index is 11.9. The van der Waals surface area contributed by atoms with E-state index in [2.05, 4.69) is 19.6 Å². The Morgan fingerprint density at radius 1 is 0.404 bits per heavy atom. The highest BCUT2D eigenvalue weighted by molar-refractivity contribution is 6.69. The van der Waals surface area contributed by atoms with Crippen molar-refractivity contribution in [2.75, 3.05) is 179 Å². The molecule has 17 heteroatoms. The van der Waals surface area contributed by atoms with E-state index in [1.807, 2.05) is 20.8 Å². The zero-order valence-corrected chi connectivity index (χ0v) is 34.5. The zero-order valence-electron chi connectivity index (χ0n) is 33.5. The van der Waals surface area contributed by atoms with Gasteiger partial charge in [0.05, 0.1) is 165 Å². The molecule has 0 aliphatic carbocycles. The third kappa shape index (κ3) is 43.4. The summed E-state index contributed by atoms with van der Waals surface area (Å²) in [7, 11) is 0.224. The molecule has 0 aliphatic rings. The third-order valence-electron chi connectivity index (χ3n) is 6.13. The summed E-state index contributed by atoms with van der Waals surface area (Å²) in [4.78, 5) is 13.4. The van der Waals surface area contributed by atoms with Crippen LogP contribution in [0.2, 0.25) is 19.6 Å². The summed E-state index contributed by atoms with van der Waals surface area (Å²) in [5.41, 5.74) is -0.511. The van der Waals surface area contributed by atoms with Gasteiger partial charge in [0.15, 0.2) is 8.32 Å². The van der Waals surface area contributed by atoms with Gasteiger partial charge >= 0.3 is 6.09 Å². The van der Waals surface area contributed by atoms with E-state index < -0.39 is 13.9 Å². The van der Waals surface area contributed by atoms with Gasteiger partial charge in [-0.25, -0.2) is 4.79 Å². The topological polar surface area (TPSA) is 150 Å². The minimum atomic E-state index is -1.46. The van der Waals surface area contributed by atoms with Gasteiger partial charge in [0.2, 0.25) is 0 Å². The maximum Gasteiger partial charge on any atom is 0.410 e. The van der Waals surface area contributed by atoms with Crippen LogP contribution in [0.25, 0.3) is 0 Å². The molecule has 52 heavy (non-hydrogen) atoms. The highest BCUT2D eigenvalue weighted by Crippen LogP contribution is 2.08. The Morgan fingerprint density at radius 2 is 0.615 bits per heavy atom. The summed E-state index contributed by atoms with van der Waals surface area (Å²) in [5, 5.41) is 0. The van der Waals surface area contributed by atoms with E-state index >= 15 is 0 Å². The molecule has 0 spiro atoms. The lowest BCUT2D eigenvalue weighted by molar-refractivity contribution is -0.0287. The van der Waals surface area contributed by atoms with Gasteiger partial charge in [-0.1, -0.05) is 0 Å². The highest BCUT2D eigenvalue weighted by atomic mass is 28.4. The number of hydrogen-bond donors (Lipinski definition) is 0. The molecule has 0 aromatic heterocycles. The molecule has 0 aliphatic heterocycles. The Labute approximate surface area is 314 Å². The Balaban J connectivity index is 3.14. The van der Waals surface area contributed by atoms with E-state index in [1.54, 1.807) is 7.05 Å². The van der Waals surface area contributed by atoms with Crippen LogP contribution in [0.4, 0.5) is 4.79 Å². The third-order valence-corrected chi connectivity index (χ3v) is 7.20. The molecule has 0 radical (unpaired) electrons. The summed E-state index contributed by atoms with van der Waals surface area (Å²) in [6.07, 6.45) is -0.365. The molecule has 0 N–H and O–H groups in total. The number of amides is 1. The first kappa shape index (κ1) is 51.0. The van der Waals surface area contributed by atoms with Gasteiger partial charge in [0, 0.05) is 13.6 Å². The van der Waals surface area contributed by atoms with Crippen molar-refractivity contribution in [2.24, 2.45) is 0 Å². The first-order valence-electron chi connectivity index (χ1n) is 18.5. The van der Waals surface area contributed by atoms with Crippen LogP contribution in [-0.4, -0.2) is 204 Å². The van der Waals surface area contributed by atoms with Crippen molar-refractivity contribution in [1.29, 1.82) is 0 Å². The molecule has 16 nitrogen and oxygen atoms in total. The molecule has 0 aromatic carbocycles. The monoisotopic (exact) mass is 775 g/mol. The van der Waals surface area contributed by atoms with Gasteiger partial charge in [-0.15, -0.1) is 0 Å². The van der Waals surface area contributed by atoms with E-state index in [0.29, 0.717) is 172 Å². The second kappa shape index (κ2) is 36.9. The number of carbonyl (C=O) groups is 1.